The molecule has 1 saturated heterocycles. The molecular weight excluding hydrogens is 604 g/mol. The van der Waals surface area contributed by atoms with Crippen molar-refractivity contribution >= 4 is 23.7 Å². The molecule has 0 radical (unpaired) electrons. The van der Waals surface area contributed by atoms with E-state index in [2.05, 4.69) is 53.2 Å². The zero-order valence-corrected chi connectivity index (χ0v) is 27.8. The molecule has 3 amide bonds. The van der Waals surface area contributed by atoms with Crippen molar-refractivity contribution in [3.63, 3.8) is 0 Å². The molecule has 1 fully saturated rings. The van der Waals surface area contributed by atoms with Gasteiger partial charge in [0.25, 0.3) is 0 Å². The summed E-state index contributed by atoms with van der Waals surface area (Å²) < 4.78 is 11.7. The van der Waals surface area contributed by atoms with Crippen molar-refractivity contribution in [2.45, 2.75) is 51.2 Å². The topological polar surface area (TPSA) is 112 Å². The highest BCUT2D eigenvalue weighted by Crippen LogP contribution is 2.41. The highest BCUT2D eigenvalue weighted by atomic mass is 35.5. The summed E-state index contributed by atoms with van der Waals surface area (Å²) in [4.78, 5) is 26.4. The highest BCUT2D eigenvalue weighted by molar-refractivity contribution is 6.33. The third-order valence-electron chi connectivity index (χ3n) is 8.67. The molecule has 9 nitrogen and oxygen atoms in total. The van der Waals surface area contributed by atoms with Gasteiger partial charge in [0.05, 0.1) is 19.8 Å². The third-order valence-corrected chi connectivity index (χ3v) is 8.99. The van der Waals surface area contributed by atoms with Gasteiger partial charge in [-0.05, 0) is 79.6 Å². The Morgan fingerprint density at radius 1 is 1.07 bits per heavy atom. The van der Waals surface area contributed by atoms with Gasteiger partial charge in [0.1, 0.15) is 5.75 Å². The van der Waals surface area contributed by atoms with Gasteiger partial charge in [-0.15, -0.1) is 0 Å². The highest BCUT2D eigenvalue weighted by Gasteiger charge is 2.33. The van der Waals surface area contributed by atoms with Crippen molar-refractivity contribution in [1.82, 2.24) is 20.9 Å². The Kier molecular flexibility index (Phi) is 13.6. The first-order valence-electron chi connectivity index (χ1n) is 16.1. The van der Waals surface area contributed by atoms with Gasteiger partial charge in [0.15, 0.2) is 0 Å². The molecular formula is C36H47ClN4O5. The van der Waals surface area contributed by atoms with Gasteiger partial charge in [0, 0.05) is 48.7 Å². The van der Waals surface area contributed by atoms with Gasteiger partial charge in [-0.1, -0.05) is 67.1 Å². The number of aryl methyl sites for hydroxylation is 2. The molecule has 1 heterocycles. The minimum atomic E-state index is -1.09. The zero-order valence-electron chi connectivity index (χ0n) is 27.1. The van der Waals surface area contributed by atoms with Crippen molar-refractivity contribution in [2.24, 2.45) is 5.92 Å². The maximum atomic E-state index is 13.5. The Hall–Kier alpha value is -3.79. The Morgan fingerprint density at radius 3 is 2.57 bits per heavy atom. The first-order chi connectivity index (χ1) is 22.3. The SMILES string of the molecule is CCc1cccc(-c2c(Cl)cccc2C(OCCNC(=O)O)[C@@H]2CCCN(C(=O)NC[C@@H](CCc3ccc(OC)cc3)NC)C2)c1. The smallest absolute Gasteiger partial charge is 0.404 e. The maximum Gasteiger partial charge on any atom is 0.404 e. The molecule has 4 N–H and O–H groups in total. The van der Waals surface area contributed by atoms with Gasteiger partial charge >= 0.3 is 12.1 Å². The molecule has 1 aliphatic rings. The molecule has 0 bridgehead atoms. The second-order valence-electron chi connectivity index (χ2n) is 11.7. The summed E-state index contributed by atoms with van der Waals surface area (Å²) in [7, 11) is 3.58. The van der Waals surface area contributed by atoms with Crippen LogP contribution in [0.3, 0.4) is 0 Å². The van der Waals surface area contributed by atoms with Crippen LogP contribution in [-0.4, -0.2) is 75.1 Å². The molecule has 248 valence electrons. The van der Waals surface area contributed by atoms with E-state index in [0.717, 1.165) is 54.5 Å². The predicted octanol–water partition coefficient (Wildman–Crippen LogP) is 6.55. The van der Waals surface area contributed by atoms with Crippen LogP contribution in [0.25, 0.3) is 11.1 Å². The van der Waals surface area contributed by atoms with Crippen LogP contribution >= 0.6 is 11.6 Å². The molecule has 1 aliphatic heterocycles. The van der Waals surface area contributed by atoms with Crippen LogP contribution in [0.4, 0.5) is 9.59 Å². The lowest BCUT2D eigenvalue weighted by atomic mass is 9.84. The van der Waals surface area contributed by atoms with Crippen LogP contribution in [0.15, 0.2) is 66.7 Å². The number of likely N-dealkylation sites (tertiary alicyclic amines) is 1. The van der Waals surface area contributed by atoms with Crippen molar-refractivity contribution in [3.05, 3.63) is 88.4 Å². The summed E-state index contributed by atoms with van der Waals surface area (Å²) in [6.45, 7) is 4.16. The van der Waals surface area contributed by atoms with E-state index in [-0.39, 0.29) is 37.2 Å². The fourth-order valence-corrected chi connectivity index (χ4v) is 6.39. The number of carbonyl (C=O) groups excluding carboxylic acids is 1. The summed E-state index contributed by atoms with van der Waals surface area (Å²) >= 11 is 6.86. The standard InChI is InChI=1S/C36H47ClN4O5/c1-4-25-8-5-9-27(22-25)33-31(11-6-12-32(33)37)34(46-21-19-39-36(43)44)28-10-7-20-41(24-28)35(42)40-23-29(38-2)16-13-26-14-17-30(45-3)18-15-26/h5-6,8-9,11-12,14-15,17-18,22,28-29,34,38-39H,4,7,10,13,16,19-21,23-24H2,1-3H3,(H,40,42)(H,43,44)/t28-,29-,34?/m1/s1. The number of hydrogen-bond acceptors (Lipinski definition) is 5. The summed E-state index contributed by atoms with van der Waals surface area (Å²) in [6.07, 6.45) is 2.88. The Bertz CT molecular complexity index is 1420. The van der Waals surface area contributed by atoms with E-state index in [9.17, 15) is 9.59 Å². The molecule has 3 aromatic carbocycles. The number of carbonyl (C=O) groups is 2. The van der Waals surface area contributed by atoms with E-state index in [4.69, 9.17) is 26.2 Å². The third kappa shape index (κ3) is 9.85. The van der Waals surface area contributed by atoms with Gasteiger partial charge in [-0.25, -0.2) is 9.59 Å². The Labute approximate surface area is 277 Å². The van der Waals surface area contributed by atoms with Gasteiger partial charge in [0.2, 0.25) is 0 Å². The van der Waals surface area contributed by atoms with E-state index in [0.29, 0.717) is 24.7 Å². The lowest BCUT2D eigenvalue weighted by molar-refractivity contribution is -0.00802. The van der Waals surface area contributed by atoms with E-state index in [1.54, 1.807) is 7.11 Å². The number of ether oxygens (including phenoxy) is 2. The van der Waals surface area contributed by atoms with Crippen molar-refractivity contribution in [2.75, 3.05) is 46.9 Å². The number of amides is 3. The fourth-order valence-electron chi connectivity index (χ4n) is 6.10. The Morgan fingerprint density at radius 2 is 1.85 bits per heavy atom. The second kappa shape index (κ2) is 17.8. The van der Waals surface area contributed by atoms with E-state index in [1.807, 2.05) is 48.3 Å². The van der Waals surface area contributed by atoms with Crippen LogP contribution in [0, 0.1) is 5.92 Å². The minimum Gasteiger partial charge on any atom is -0.497 e. The quantitative estimate of drug-likeness (QED) is 0.139. The number of urea groups is 1. The van der Waals surface area contributed by atoms with Crippen molar-refractivity contribution < 1.29 is 24.2 Å². The van der Waals surface area contributed by atoms with Crippen LogP contribution in [0.5, 0.6) is 5.75 Å². The number of piperidine rings is 1. The molecule has 0 saturated carbocycles. The monoisotopic (exact) mass is 650 g/mol. The van der Waals surface area contributed by atoms with Gasteiger partial charge < -0.3 is 35.4 Å². The number of rotatable bonds is 15. The molecule has 46 heavy (non-hydrogen) atoms. The number of likely N-dealkylation sites (N-methyl/N-ethyl adjacent to an activating group) is 1. The molecule has 1 unspecified atom stereocenters. The first kappa shape index (κ1) is 35.1. The van der Waals surface area contributed by atoms with Crippen molar-refractivity contribution in [1.29, 1.82) is 0 Å². The number of nitrogens with zero attached hydrogens (tertiary/aromatic N) is 1. The molecule has 3 aromatic rings. The number of carboxylic acid groups (broad SMARTS) is 1. The van der Waals surface area contributed by atoms with Crippen molar-refractivity contribution in [3.8, 4) is 16.9 Å². The minimum absolute atomic E-state index is 0.00827. The van der Waals surface area contributed by atoms with Gasteiger partial charge in [-0.3, -0.25) is 0 Å². The zero-order chi connectivity index (χ0) is 32.9. The van der Waals surface area contributed by atoms with Crippen LogP contribution in [0.1, 0.15) is 49.0 Å². The normalized spacial score (nSPS) is 16.0. The lowest BCUT2D eigenvalue weighted by Gasteiger charge is -2.38. The summed E-state index contributed by atoms with van der Waals surface area (Å²) in [5.74, 6) is 0.828. The van der Waals surface area contributed by atoms with E-state index < -0.39 is 6.09 Å². The fraction of sp³-hybridized carbons (Fsp3) is 0.444. The summed E-state index contributed by atoms with van der Waals surface area (Å²) in [5.41, 5.74) is 5.28. The van der Waals surface area contributed by atoms with Gasteiger partial charge in [-0.2, -0.15) is 0 Å². The molecule has 0 aromatic heterocycles. The van der Waals surface area contributed by atoms with Crippen LogP contribution in [0.2, 0.25) is 5.02 Å². The lowest BCUT2D eigenvalue weighted by Crippen LogP contribution is -2.49. The Balaban J connectivity index is 1.47. The number of halogens is 1. The molecule has 3 atom stereocenters. The molecule has 0 spiro atoms. The number of methoxy groups -OCH3 is 1. The maximum absolute atomic E-state index is 13.5. The van der Waals surface area contributed by atoms with E-state index in [1.165, 1.54) is 11.1 Å². The average molecular weight is 651 g/mol. The number of nitrogens with one attached hydrogen (secondary N) is 3. The van der Waals surface area contributed by atoms with Crippen LogP contribution in [-0.2, 0) is 17.6 Å². The largest absolute Gasteiger partial charge is 0.497 e. The molecule has 0 aliphatic carbocycles. The predicted molar refractivity (Wildman–Crippen MR) is 183 cm³/mol. The first-order valence-corrected chi connectivity index (χ1v) is 16.5. The summed E-state index contributed by atoms with van der Waals surface area (Å²) in [6, 6.07) is 22.3. The molecule has 4 rings (SSSR count). The number of benzene rings is 3. The molecule has 10 heteroatoms. The van der Waals surface area contributed by atoms with Crippen LogP contribution < -0.4 is 20.7 Å². The summed E-state index contributed by atoms with van der Waals surface area (Å²) in [5, 5.41) is 18.6. The van der Waals surface area contributed by atoms with E-state index >= 15 is 0 Å². The second-order valence-corrected chi connectivity index (χ2v) is 12.1. The average Bonchev–Trinajstić information content (AvgIpc) is 3.08. The number of hydrogen-bond donors (Lipinski definition) is 4.